The summed E-state index contributed by atoms with van der Waals surface area (Å²) in [6, 6.07) is 17.6. The maximum atomic E-state index is 5.25. The number of methoxy groups -OCH3 is 1. The quantitative estimate of drug-likeness (QED) is 0.380. The van der Waals surface area contributed by atoms with E-state index in [2.05, 4.69) is 15.3 Å². The van der Waals surface area contributed by atoms with Crippen molar-refractivity contribution in [3.05, 3.63) is 75.9 Å². The van der Waals surface area contributed by atoms with Crippen LogP contribution in [-0.2, 0) is 0 Å². The molecule has 0 fully saturated rings. The first kappa shape index (κ1) is 18.1. The van der Waals surface area contributed by atoms with Gasteiger partial charge in [-0.1, -0.05) is 18.2 Å². The zero-order valence-electron chi connectivity index (χ0n) is 14.9. The zero-order valence-corrected chi connectivity index (χ0v) is 16.5. The van der Waals surface area contributed by atoms with Crippen LogP contribution in [0.15, 0.2) is 65.9 Å². The molecule has 2 aromatic heterocycles. The van der Waals surface area contributed by atoms with Crippen molar-refractivity contribution in [2.75, 3.05) is 7.11 Å². The maximum absolute atomic E-state index is 5.25. The summed E-state index contributed by atoms with van der Waals surface area (Å²) < 4.78 is 9.29. The van der Waals surface area contributed by atoms with E-state index in [0.717, 1.165) is 28.3 Å². The van der Waals surface area contributed by atoms with Gasteiger partial charge in [-0.15, -0.1) is 0 Å². The predicted octanol–water partition coefficient (Wildman–Crippen LogP) is 4.35. The van der Waals surface area contributed by atoms with E-state index in [9.17, 15) is 0 Å². The van der Waals surface area contributed by atoms with E-state index in [1.165, 1.54) is 4.68 Å². The average molecular weight is 409 g/mol. The number of nitrogens with zero attached hydrogens (tertiary/aromatic N) is 4. The average Bonchev–Trinajstić information content (AvgIpc) is 3.30. The fourth-order valence-electron chi connectivity index (χ4n) is 2.70. The van der Waals surface area contributed by atoms with Gasteiger partial charge in [0.15, 0.2) is 0 Å². The summed E-state index contributed by atoms with van der Waals surface area (Å²) in [6.45, 7) is 0. The Kier molecular flexibility index (Phi) is 5.00. The first-order valence-electron chi connectivity index (χ1n) is 8.39. The summed E-state index contributed by atoms with van der Waals surface area (Å²) >= 11 is 10.4. The van der Waals surface area contributed by atoms with Gasteiger partial charge in [-0.2, -0.15) is 14.9 Å². The number of para-hydroxylation sites is 1. The van der Waals surface area contributed by atoms with Crippen molar-refractivity contribution < 1.29 is 4.74 Å². The topological polar surface area (TPSA) is 75.9 Å². The molecule has 0 aliphatic carbocycles. The molecule has 28 heavy (non-hydrogen) atoms. The fraction of sp³-hybridized carbons (Fsp3) is 0.0526. The largest absolute Gasteiger partial charge is 0.497 e. The standard InChI is InChI=1S/C19H16N6OS2/c1-26-16-9-7-13(8-10-16)17-14(11-20-25-18(27)21-22-19(25)28)12-24(23-17)15-5-3-2-4-6-15/h2-12H,1H3,(H,21,27)(H,22,28)/b20-11-. The summed E-state index contributed by atoms with van der Waals surface area (Å²) in [5.41, 5.74) is 3.51. The highest BCUT2D eigenvalue weighted by Crippen LogP contribution is 2.25. The Bertz CT molecular complexity index is 1200. The van der Waals surface area contributed by atoms with Crippen molar-refractivity contribution >= 4 is 30.7 Å². The molecule has 0 saturated carbocycles. The lowest BCUT2D eigenvalue weighted by molar-refractivity contribution is 0.415. The SMILES string of the molecule is COc1ccc(-c2nn(-c3ccccc3)cc2/C=N\n2c(=S)[nH][nH]c2=S)cc1. The number of aromatic amines is 2. The van der Waals surface area contributed by atoms with Gasteiger partial charge in [0.25, 0.3) is 0 Å². The Labute approximate surface area is 170 Å². The minimum atomic E-state index is 0.391. The molecule has 0 aliphatic rings. The number of rotatable bonds is 5. The van der Waals surface area contributed by atoms with Crippen molar-refractivity contribution in [2.24, 2.45) is 5.10 Å². The normalized spacial score (nSPS) is 11.2. The molecule has 9 heteroatoms. The number of hydrogen-bond acceptors (Lipinski definition) is 5. The molecular formula is C19H16N6OS2. The third-order valence-electron chi connectivity index (χ3n) is 4.10. The Morgan fingerprint density at radius 3 is 2.32 bits per heavy atom. The molecule has 0 radical (unpaired) electrons. The molecular weight excluding hydrogens is 392 g/mol. The monoisotopic (exact) mass is 408 g/mol. The Morgan fingerprint density at radius 1 is 1.00 bits per heavy atom. The van der Waals surface area contributed by atoms with Crippen LogP contribution in [0.2, 0.25) is 0 Å². The van der Waals surface area contributed by atoms with Crippen molar-refractivity contribution in [2.45, 2.75) is 0 Å². The van der Waals surface area contributed by atoms with Crippen LogP contribution in [0, 0.1) is 9.54 Å². The Balaban J connectivity index is 1.82. The predicted molar refractivity (Wildman–Crippen MR) is 113 cm³/mol. The first-order chi connectivity index (χ1) is 13.7. The van der Waals surface area contributed by atoms with E-state index in [-0.39, 0.29) is 0 Å². The lowest BCUT2D eigenvalue weighted by Gasteiger charge is -2.02. The highest BCUT2D eigenvalue weighted by Gasteiger charge is 2.11. The van der Waals surface area contributed by atoms with E-state index in [4.69, 9.17) is 34.3 Å². The summed E-state index contributed by atoms with van der Waals surface area (Å²) in [5, 5.41) is 14.7. The van der Waals surface area contributed by atoms with Gasteiger partial charge in [0.1, 0.15) is 11.4 Å². The Hall–Kier alpha value is -3.30. The molecule has 0 amide bonds. The van der Waals surface area contributed by atoms with Gasteiger partial charge >= 0.3 is 0 Å². The second-order valence-corrected chi connectivity index (χ2v) is 6.63. The van der Waals surface area contributed by atoms with E-state index in [1.807, 2.05) is 65.5 Å². The first-order valence-corrected chi connectivity index (χ1v) is 9.21. The van der Waals surface area contributed by atoms with Crippen molar-refractivity contribution in [3.8, 4) is 22.7 Å². The zero-order chi connectivity index (χ0) is 19.5. The van der Waals surface area contributed by atoms with Crippen LogP contribution < -0.4 is 4.74 Å². The summed E-state index contributed by atoms with van der Waals surface area (Å²) in [5.74, 6) is 0.784. The van der Waals surface area contributed by atoms with Crippen LogP contribution in [0.3, 0.4) is 0 Å². The molecule has 140 valence electrons. The molecule has 0 unspecified atom stereocenters. The van der Waals surface area contributed by atoms with E-state index in [1.54, 1.807) is 13.3 Å². The lowest BCUT2D eigenvalue weighted by Crippen LogP contribution is -1.94. The van der Waals surface area contributed by atoms with Gasteiger partial charge in [-0.25, -0.2) is 4.68 Å². The molecule has 2 N–H and O–H groups in total. The number of ether oxygens (including phenoxy) is 1. The number of hydrogen-bond donors (Lipinski definition) is 2. The van der Waals surface area contributed by atoms with Crippen LogP contribution >= 0.6 is 24.4 Å². The van der Waals surface area contributed by atoms with Crippen LogP contribution in [0.25, 0.3) is 16.9 Å². The highest BCUT2D eigenvalue weighted by molar-refractivity contribution is 7.72. The number of benzene rings is 2. The van der Waals surface area contributed by atoms with Crippen LogP contribution in [0.4, 0.5) is 0 Å². The third kappa shape index (κ3) is 3.57. The molecule has 0 spiro atoms. The van der Waals surface area contributed by atoms with Gasteiger partial charge in [-0.3, -0.25) is 10.2 Å². The van der Waals surface area contributed by atoms with Crippen molar-refractivity contribution in [1.29, 1.82) is 0 Å². The van der Waals surface area contributed by atoms with Crippen LogP contribution in [-0.4, -0.2) is 38.0 Å². The molecule has 4 rings (SSSR count). The summed E-state index contributed by atoms with van der Waals surface area (Å²) in [7, 11) is 1.64. The molecule has 0 bridgehead atoms. The summed E-state index contributed by atoms with van der Waals surface area (Å²) in [6.07, 6.45) is 3.61. The Morgan fingerprint density at radius 2 is 1.68 bits per heavy atom. The smallest absolute Gasteiger partial charge is 0.215 e. The molecule has 7 nitrogen and oxygen atoms in total. The molecule has 4 aromatic rings. The molecule has 2 aromatic carbocycles. The summed E-state index contributed by atoms with van der Waals surface area (Å²) in [4.78, 5) is 0. The van der Waals surface area contributed by atoms with Crippen LogP contribution in [0.5, 0.6) is 5.75 Å². The van der Waals surface area contributed by atoms with Crippen molar-refractivity contribution in [1.82, 2.24) is 24.7 Å². The van der Waals surface area contributed by atoms with E-state index >= 15 is 0 Å². The fourth-order valence-corrected chi connectivity index (χ4v) is 3.13. The van der Waals surface area contributed by atoms with Crippen molar-refractivity contribution in [3.63, 3.8) is 0 Å². The minimum absolute atomic E-state index is 0.391. The van der Waals surface area contributed by atoms with Crippen LogP contribution in [0.1, 0.15) is 5.56 Å². The van der Waals surface area contributed by atoms with Gasteiger partial charge in [0, 0.05) is 17.3 Å². The number of aromatic nitrogens is 5. The molecule has 0 saturated heterocycles. The van der Waals surface area contributed by atoms with E-state index in [0.29, 0.717) is 9.54 Å². The maximum Gasteiger partial charge on any atom is 0.215 e. The second kappa shape index (κ2) is 7.75. The van der Waals surface area contributed by atoms with Gasteiger partial charge in [0.05, 0.1) is 19.0 Å². The lowest BCUT2D eigenvalue weighted by atomic mass is 10.1. The molecule has 2 heterocycles. The number of nitrogens with one attached hydrogen (secondary N) is 2. The second-order valence-electron chi connectivity index (χ2n) is 5.86. The number of H-pyrrole nitrogens is 2. The highest BCUT2D eigenvalue weighted by atomic mass is 32.1. The van der Waals surface area contributed by atoms with E-state index < -0.39 is 0 Å². The van der Waals surface area contributed by atoms with Gasteiger partial charge in [-0.05, 0) is 60.8 Å². The molecule has 0 atom stereocenters. The third-order valence-corrected chi connectivity index (χ3v) is 4.65. The minimum Gasteiger partial charge on any atom is -0.497 e. The van der Waals surface area contributed by atoms with Gasteiger partial charge in [0.2, 0.25) is 9.54 Å². The molecule has 0 aliphatic heterocycles. The van der Waals surface area contributed by atoms with Gasteiger partial charge < -0.3 is 4.74 Å².